The van der Waals surface area contributed by atoms with Crippen LogP contribution in [0.1, 0.15) is 0 Å². The first-order valence-corrected chi connectivity index (χ1v) is 6.72. The van der Waals surface area contributed by atoms with E-state index in [9.17, 15) is 0 Å². The van der Waals surface area contributed by atoms with Gasteiger partial charge >= 0.3 is 0 Å². The van der Waals surface area contributed by atoms with Crippen molar-refractivity contribution in [1.29, 1.82) is 0 Å². The summed E-state index contributed by atoms with van der Waals surface area (Å²) in [6.45, 7) is 0. The number of benzene rings is 2. The maximum absolute atomic E-state index is 5.43. The van der Waals surface area contributed by atoms with E-state index in [-0.39, 0.29) is 0 Å². The highest BCUT2D eigenvalue weighted by Crippen LogP contribution is 2.34. The second kappa shape index (κ2) is 4.96. The fourth-order valence-electron chi connectivity index (χ4n) is 2.48. The molecule has 0 aliphatic carbocycles. The van der Waals surface area contributed by atoms with Crippen molar-refractivity contribution in [3.63, 3.8) is 0 Å². The van der Waals surface area contributed by atoms with Gasteiger partial charge in [0.2, 0.25) is 5.82 Å². The first-order valence-electron chi connectivity index (χ1n) is 6.72. The summed E-state index contributed by atoms with van der Waals surface area (Å²) < 4.78 is 5.43. The number of methoxy groups -OCH3 is 1. The molecular formula is C15H12N6O. The zero-order valence-corrected chi connectivity index (χ0v) is 11.7. The lowest BCUT2D eigenvalue weighted by molar-refractivity contribution is 0.416. The van der Waals surface area contributed by atoms with Gasteiger partial charge in [-0.25, -0.2) is 0 Å². The second-order valence-electron chi connectivity index (χ2n) is 4.77. The number of para-hydroxylation sites is 1. The molecule has 0 fully saturated rings. The van der Waals surface area contributed by atoms with Crippen LogP contribution in [-0.2, 0) is 0 Å². The Hall–Kier alpha value is -3.22. The SMILES string of the molecule is COc1ccccc1-c1n[nH]c2ccc(-c3nn[nH]n3)cc12. The Morgan fingerprint density at radius 3 is 2.77 bits per heavy atom. The molecular weight excluding hydrogens is 280 g/mol. The van der Waals surface area contributed by atoms with Crippen molar-refractivity contribution in [2.45, 2.75) is 0 Å². The summed E-state index contributed by atoms with van der Waals surface area (Å²) in [4.78, 5) is 0. The third-order valence-corrected chi connectivity index (χ3v) is 3.53. The first-order chi connectivity index (χ1) is 10.9. The summed E-state index contributed by atoms with van der Waals surface area (Å²) in [7, 11) is 1.65. The largest absolute Gasteiger partial charge is 0.496 e. The van der Waals surface area contributed by atoms with Gasteiger partial charge in [0.25, 0.3) is 0 Å². The van der Waals surface area contributed by atoms with E-state index in [1.54, 1.807) is 7.11 Å². The highest BCUT2D eigenvalue weighted by molar-refractivity contribution is 5.96. The molecule has 108 valence electrons. The van der Waals surface area contributed by atoms with Gasteiger partial charge in [-0.1, -0.05) is 12.1 Å². The summed E-state index contributed by atoms with van der Waals surface area (Å²) in [5.41, 5.74) is 3.58. The fraction of sp³-hybridized carbons (Fsp3) is 0.0667. The number of H-pyrrole nitrogens is 2. The molecule has 22 heavy (non-hydrogen) atoms. The first kappa shape index (κ1) is 12.5. The van der Waals surface area contributed by atoms with Crippen LogP contribution in [0.15, 0.2) is 42.5 Å². The average Bonchev–Trinajstić information content (AvgIpc) is 3.23. The standard InChI is InChI=1S/C15H12N6O/c1-22-13-5-3-2-4-10(13)14-11-8-9(15-18-20-21-19-15)6-7-12(11)16-17-14/h2-8H,1H3,(H,16,17)(H,18,19,20,21). The van der Waals surface area contributed by atoms with E-state index >= 15 is 0 Å². The van der Waals surface area contributed by atoms with Gasteiger partial charge in [-0.2, -0.15) is 10.3 Å². The van der Waals surface area contributed by atoms with Gasteiger partial charge in [0.05, 0.1) is 12.6 Å². The van der Waals surface area contributed by atoms with Crippen LogP contribution in [0, 0.1) is 0 Å². The number of fused-ring (bicyclic) bond motifs is 1. The predicted octanol–water partition coefficient (Wildman–Crippen LogP) is 2.42. The Balaban J connectivity index is 1.93. The van der Waals surface area contributed by atoms with Crippen molar-refractivity contribution in [2.24, 2.45) is 0 Å². The molecule has 0 saturated carbocycles. The van der Waals surface area contributed by atoms with Gasteiger partial charge in [0, 0.05) is 16.5 Å². The lowest BCUT2D eigenvalue weighted by Crippen LogP contribution is -1.88. The average molecular weight is 292 g/mol. The number of ether oxygens (including phenoxy) is 1. The molecule has 2 aromatic heterocycles. The van der Waals surface area contributed by atoms with E-state index in [4.69, 9.17) is 4.74 Å². The Morgan fingerprint density at radius 2 is 1.95 bits per heavy atom. The topological polar surface area (TPSA) is 92.4 Å². The molecule has 0 spiro atoms. The maximum atomic E-state index is 5.43. The highest BCUT2D eigenvalue weighted by atomic mass is 16.5. The smallest absolute Gasteiger partial charge is 0.204 e. The highest BCUT2D eigenvalue weighted by Gasteiger charge is 2.14. The second-order valence-corrected chi connectivity index (χ2v) is 4.77. The Labute approximate surface area is 125 Å². The summed E-state index contributed by atoms with van der Waals surface area (Å²) in [6, 6.07) is 13.7. The summed E-state index contributed by atoms with van der Waals surface area (Å²) in [5, 5.41) is 22.5. The molecule has 2 aromatic carbocycles. The molecule has 4 aromatic rings. The molecule has 0 atom stereocenters. The van der Waals surface area contributed by atoms with Crippen molar-refractivity contribution >= 4 is 10.9 Å². The van der Waals surface area contributed by atoms with Gasteiger partial charge in [-0.05, 0) is 35.5 Å². The number of nitrogens with zero attached hydrogens (tertiary/aromatic N) is 4. The number of hydrogen-bond donors (Lipinski definition) is 2. The number of nitrogens with one attached hydrogen (secondary N) is 2. The van der Waals surface area contributed by atoms with E-state index in [0.29, 0.717) is 5.82 Å². The third-order valence-electron chi connectivity index (χ3n) is 3.53. The van der Waals surface area contributed by atoms with Crippen LogP contribution in [0.3, 0.4) is 0 Å². The molecule has 0 saturated heterocycles. The van der Waals surface area contributed by atoms with Crippen LogP contribution in [-0.4, -0.2) is 37.9 Å². The minimum atomic E-state index is 0.550. The van der Waals surface area contributed by atoms with Crippen LogP contribution in [0.5, 0.6) is 5.75 Å². The van der Waals surface area contributed by atoms with Gasteiger partial charge in [0.1, 0.15) is 11.4 Å². The summed E-state index contributed by atoms with van der Waals surface area (Å²) in [6.07, 6.45) is 0. The van der Waals surface area contributed by atoms with Gasteiger partial charge in [-0.3, -0.25) is 5.10 Å². The number of rotatable bonds is 3. The molecule has 7 nitrogen and oxygen atoms in total. The van der Waals surface area contributed by atoms with Crippen molar-refractivity contribution in [1.82, 2.24) is 30.8 Å². The number of aromatic amines is 2. The van der Waals surface area contributed by atoms with Crippen LogP contribution in [0.2, 0.25) is 0 Å². The molecule has 7 heteroatoms. The van der Waals surface area contributed by atoms with Crippen LogP contribution in [0.4, 0.5) is 0 Å². The third kappa shape index (κ3) is 1.91. The van der Waals surface area contributed by atoms with Crippen molar-refractivity contribution in [3.05, 3.63) is 42.5 Å². The predicted molar refractivity (Wildman–Crippen MR) is 81.3 cm³/mol. The van der Waals surface area contributed by atoms with Gasteiger partial charge in [0.15, 0.2) is 0 Å². The minimum absolute atomic E-state index is 0.550. The summed E-state index contributed by atoms with van der Waals surface area (Å²) in [5.74, 6) is 1.33. The zero-order valence-electron chi connectivity index (χ0n) is 11.7. The quantitative estimate of drug-likeness (QED) is 0.605. The number of hydrogen-bond acceptors (Lipinski definition) is 5. The molecule has 0 aliphatic heterocycles. The normalized spacial score (nSPS) is 11.0. The molecule has 4 rings (SSSR count). The van der Waals surface area contributed by atoms with E-state index in [0.717, 1.165) is 33.5 Å². The lowest BCUT2D eigenvalue weighted by Gasteiger charge is -2.06. The number of tetrazole rings is 1. The Bertz CT molecular complexity index is 928. The van der Waals surface area contributed by atoms with Crippen LogP contribution >= 0.6 is 0 Å². The van der Waals surface area contributed by atoms with E-state index in [2.05, 4.69) is 30.8 Å². The minimum Gasteiger partial charge on any atom is -0.496 e. The van der Waals surface area contributed by atoms with Crippen molar-refractivity contribution in [3.8, 4) is 28.4 Å². The maximum Gasteiger partial charge on any atom is 0.204 e. The Kier molecular flexibility index (Phi) is 2.82. The molecule has 2 N–H and O–H groups in total. The van der Waals surface area contributed by atoms with Crippen LogP contribution < -0.4 is 4.74 Å². The van der Waals surface area contributed by atoms with E-state index in [1.165, 1.54) is 0 Å². The number of aromatic nitrogens is 6. The van der Waals surface area contributed by atoms with Crippen LogP contribution in [0.25, 0.3) is 33.5 Å². The van der Waals surface area contributed by atoms with E-state index < -0.39 is 0 Å². The molecule has 0 unspecified atom stereocenters. The molecule has 0 amide bonds. The molecule has 0 radical (unpaired) electrons. The van der Waals surface area contributed by atoms with Crippen molar-refractivity contribution < 1.29 is 4.74 Å². The zero-order chi connectivity index (χ0) is 14.9. The van der Waals surface area contributed by atoms with Gasteiger partial charge in [-0.15, -0.1) is 10.2 Å². The van der Waals surface area contributed by atoms with Gasteiger partial charge < -0.3 is 4.74 Å². The fourth-order valence-corrected chi connectivity index (χ4v) is 2.48. The lowest BCUT2D eigenvalue weighted by atomic mass is 10.0. The van der Waals surface area contributed by atoms with E-state index in [1.807, 2.05) is 42.5 Å². The summed E-state index contributed by atoms with van der Waals surface area (Å²) >= 11 is 0. The monoisotopic (exact) mass is 292 g/mol. The Morgan fingerprint density at radius 1 is 1.05 bits per heavy atom. The molecule has 2 heterocycles. The molecule has 0 aliphatic rings. The van der Waals surface area contributed by atoms with Crippen molar-refractivity contribution in [2.75, 3.05) is 7.11 Å². The molecule has 0 bridgehead atoms.